The van der Waals surface area contributed by atoms with Gasteiger partial charge in [0.25, 0.3) is 11.8 Å². The molecule has 2 aliphatic rings. The Morgan fingerprint density at radius 3 is 2.71 bits per heavy atom. The van der Waals surface area contributed by atoms with Gasteiger partial charge in [0, 0.05) is 37.8 Å². The number of hydrogen-bond donors (Lipinski definition) is 1. The number of benzene rings is 1. The summed E-state index contributed by atoms with van der Waals surface area (Å²) < 4.78 is 10.8. The van der Waals surface area contributed by atoms with Crippen molar-refractivity contribution in [1.29, 1.82) is 0 Å². The number of hydrogen-bond acceptors (Lipinski definition) is 6. The zero-order valence-electron chi connectivity index (χ0n) is 13.9. The first-order valence-corrected chi connectivity index (χ1v) is 8.82. The summed E-state index contributed by atoms with van der Waals surface area (Å²) in [5.41, 5.74) is 0.951. The van der Waals surface area contributed by atoms with Crippen molar-refractivity contribution < 1.29 is 9.26 Å². The lowest BCUT2D eigenvalue weighted by atomic mass is 10.0. The normalized spacial score (nSPS) is 22.8. The molecule has 1 aromatic carbocycles. The molecule has 0 spiro atoms. The monoisotopic (exact) mass is 328 g/mol. The molecule has 2 aromatic rings. The highest BCUT2D eigenvalue weighted by Crippen LogP contribution is 2.21. The van der Waals surface area contributed by atoms with Gasteiger partial charge in [-0.15, -0.1) is 0 Å². The predicted octanol–water partition coefficient (Wildman–Crippen LogP) is 2.65. The van der Waals surface area contributed by atoms with Gasteiger partial charge in [-0.2, -0.15) is 4.98 Å². The minimum atomic E-state index is 0.419. The largest absolute Gasteiger partial charge is 0.381 e. The third-order valence-corrected chi connectivity index (χ3v) is 4.91. The molecule has 0 radical (unpaired) electrons. The summed E-state index contributed by atoms with van der Waals surface area (Å²) >= 11 is 0. The molecule has 24 heavy (non-hydrogen) atoms. The molecule has 6 nitrogen and oxygen atoms in total. The Morgan fingerprint density at radius 2 is 1.96 bits per heavy atom. The Labute approximate surface area is 142 Å². The Kier molecular flexibility index (Phi) is 4.76. The SMILES string of the molecule is c1ccc(-c2nc(NC3CCN(CC4CCOC4)CC3)no2)cc1. The minimum Gasteiger partial charge on any atom is -0.381 e. The van der Waals surface area contributed by atoms with E-state index < -0.39 is 0 Å². The van der Waals surface area contributed by atoms with E-state index in [0.717, 1.165) is 50.6 Å². The predicted molar refractivity (Wildman–Crippen MR) is 91.7 cm³/mol. The van der Waals surface area contributed by atoms with Gasteiger partial charge in [0.05, 0.1) is 6.61 Å². The van der Waals surface area contributed by atoms with Crippen molar-refractivity contribution in [3.8, 4) is 11.5 Å². The number of nitrogens with zero attached hydrogens (tertiary/aromatic N) is 3. The van der Waals surface area contributed by atoms with Gasteiger partial charge in [0.2, 0.25) is 0 Å². The molecule has 2 saturated heterocycles. The third kappa shape index (κ3) is 3.76. The summed E-state index contributed by atoms with van der Waals surface area (Å²) in [6.07, 6.45) is 3.44. The van der Waals surface area contributed by atoms with E-state index in [0.29, 0.717) is 17.9 Å². The molecular weight excluding hydrogens is 304 g/mol. The Morgan fingerprint density at radius 1 is 1.12 bits per heavy atom. The van der Waals surface area contributed by atoms with Crippen molar-refractivity contribution in [1.82, 2.24) is 15.0 Å². The molecule has 6 heteroatoms. The van der Waals surface area contributed by atoms with E-state index in [9.17, 15) is 0 Å². The summed E-state index contributed by atoms with van der Waals surface area (Å²) in [5.74, 6) is 1.88. The fourth-order valence-electron chi connectivity index (χ4n) is 3.52. The number of rotatable bonds is 5. The van der Waals surface area contributed by atoms with Crippen LogP contribution in [0.1, 0.15) is 19.3 Å². The lowest BCUT2D eigenvalue weighted by Gasteiger charge is -2.33. The maximum atomic E-state index is 5.47. The fourth-order valence-corrected chi connectivity index (χ4v) is 3.52. The smallest absolute Gasteiger partial charge is 0.263 e. The summed E-state index contributed by atoms with van der Waals surface area (Å²) in [4.78, 5) is 7.02. The molecule has 3 heterocycles. The molecule has 0 saturated carbocycles. The molecule has 1 aromatic heterocycles. The van der Waals surface area contributed by atoms with E-state index in [1.165, 1.54) is 13.0 Å². The molecule has 1 unspecified atom stereocenters. The number of nitrogens with one attached hydrogen (secondary N) is 1. The highest BCUT2D eigenvalue weighted by Gasteiger charge is 2.24. The highest BCUT2D eigenvalue weighted by atomic mass is 16.5. The highest BCUT2D eigenvalue weighted by molar-refractivity contribution is 5.53. The Balaban J connectivity index is 1.27. The van der Waals surface area contributed by atoms with E-state index in [2.05, 4.69) is 20.4 Å². The Hall–Kier alpha value is -1.92. The zero-order valence-corrected chi connectivity index (χ0v) is 13.9. The van der Waals surface area contributed by atoms with Crippen molar-refractivity contribution in [3.63, 3.8) is 0 Å². The zero-order chi connectivity index (χ0) is 16.2. The number of piperidine rings is 1. The van der Waals surface area contributed by atoms with Gasteiger partial charge < -0.3 is 19.5 Å². The van der Waals surface area contributed by atoms with Gasteiger partial charge in [-0.25, -0.2) is 0 Å². The molecule has 0 amide bonds. The van der Waals surface area contributed by atoms with Crippen LogP contribution in [0.3, 0.4) is 0 Å². The maximum Gasteiger partial charge on any atom is 0.263 e. The van der Waals surface area contributed by atoms with Gasteiger partial charge in [-0.05, 0) is 42.5 Å². The van der Waals surface area contributed by atoms with Crippen molar-refractivity contribution in [3.05, 3.63) is 30.3 Å². The van der Waals surface area contributed by atoms with Gasteiger partial charge in [0.1, 0.15) is 0 Å². The summed E-state index contributed by atoms with van der Waals surface area (Å²) in [6, 6.07) is 10.3. The molecule has 0 aliphatic carbocycles. The van der Waals surface area contributed by atoms with Crippen molar-refractivity contribution in [2.75, 3.05) is 38.2 Å². The van der Waals surface area contributed by atoms with Crippen LogP contribution in [-0.4, -0.2) is 53.9 Å². The number of likely N-dealkylation sites (tertiary alicyclic amines) is 1. The average Bonchev–Trinajstić information content (AvgIpc) is 3.29. The topological polar surface area (TPSA) is 63.4 Å². The average molecular weight is 328 g/mol. The van der Waals surface area contributed by atoms with Crippen LogP contribution in [0.15, 0.2) is 34.9 Å². The quantitative estimate of drug-likeness (QED) is 0.910. The van der Waals surface area contributed by atoms with Crippen LogP contribution < -0.4 is 5.32 Å². The lowest BCUT2D eigenvalue weighted by Crippen LogP contribution is -2.41. The van der Waals surface area contributed by atoms with E-state index in [1.807, 2.05) is 30.3 Å². The second-order valence-corrected chi connectivity index (χ2v) is 6.74. The van der Waals surface area contributed by atoms with Crippen LogP contribution >= 0.6 is 0 Å². The molecular formula is C18H24N4O2. The van der Waals surface area contributed by atoms with E-state index in [4.69, 9.17) is 9.26 Å². The summed E-state index contributed by atoms with van der Waals surface area (Å²) in [6.45, 7) is 5.29. The third-order valence-electron chi connectivity index (χ3n) is 4.91. The van der Waals surface area contributed by atoms with E-state index in [-0.39, 0.29) is 0 Å². The maximum absolute atomic E-state index is 5.47. The molecule has 1 atom stereocenters. The Bertz CT molecular complexity index is 631. The summed E-state index contributed by atoms with van der Waals surface area (Å²) in [7, 11) is 0. The second-order valence-electron chi connectivity index (χ2n) is 6.74. The molecule has 128 valence electrons. The molecule has 0 bridgehead atoms. The first kappa shape index (κ1) is 15.6. The van der Waals surface area contributed by atoms with E-state index in [1.54, 1.807) is 0 Å². The van der Waals surface area contributed by atoms with Gasteiger partial charge in [-0.3, -0.25) is 0 Å². The van der Waals surface area contributed by atoms with Crippen LogP contribution in [-0.2, 0) is 4.74 Å². The van der Waals surface area contributed by atoms with Crippen LogP contribution in [0.4, 0.5) is 5.95 Å². The van der Waals surface area contributed by atoms with Gasteiger partial charge in [0.15, 0.2) is 0 Å². The van der Waals surface area contributed by atoms with Crippen LogP contribution in [0.25, 0.3) is 11.5 Å². The van der Waals surface area contributed by atoms with Crippen LogP contribution in [0.5, 0.6) is 0 Å². The number of anilines is 1. The van der Waals surface area contributed by atoms with Crippen molar-refractivity contribution in [2.45, 2.75) is 25.3 Å². The number of aromatic nitrogens is 2. The molecule has 2 aliphatic heterocycles. The first-order valence-electron chi connectivity index (χ1n) is 8.82. The van der Waals surface area contributed by atoms with Gasteiger partial charge >= 0.3 is 0 Å². The second kappa shape index (κ2) is 7.32. The minimum absolute atomic E-state index is 0.419. The standard InChI is InChI=1S/C18H24N4O2/c1-2-4-15(5-3-1)17-20-18(21-24-17)19-16-6-9-22(10-7-16)12-14-8-11-23-13-14/h1-5,14,16H,6-13H2,(H,19,21). The van der Waals surface area contributed by atoms with Crippen LogP contribution in [0, 0.1) is 5.92 Å². The molecule has 2 fully saturated rings. The van der Waals surface area contributed by atoms with Crippen molar-refractivity contribution in [2.24, 2.45) is 5.92 Å². The van der Waals surface area contributed by atoms with E-state index >= 15 is 0 Å². The fraction of sp³-hybridized carbons (Fsp3) is 0.556. The molecule has 1 N–H and O–H groups in total. The first-order chi connectivity index (χ1) is 11.9. The summed E-state index contributed by atoms with van der Waals surface area (Å²) in [5, 5.41) is 7.48. The number of ether oxygens (including phenoxy) is 1. The molecule has 4 rings (SSSR count). The van der Waals surface area contributed by atoms with Gasteiger partial charge in [-0.1, -0.05) is 18.2 Å². The van der Waals surface area contributed by atoms with Crippen molar-refractivity contribution >= 4 is 5.95 Å². The lowest BCUT2D eigenvalue weighted by molar-refractivity contribution is 0.154. The van der Waals surface area contributed by atoms with Crippen LogP contribution in [0.2, 0.25) is 0 Å².